The number of hydrogen-bond donors (Lipinski definition) is 1. The minimum atomic E-state index is -3.63. The van der Waals surface area contributed by atoms with Crippen LogP contribution in [0, 0.1) is 0 Å². The van der Waals surface area contributed by atoms with Crippen LogP contribution >= 0.6 is 11.3 Å². The molecule has 0 atom stereocenters. The number of ether oxygens (including phenoxy) is 2. The molecule has 28 heavy (non-hydrogen) atoms. The van der Waals surface area contributed by atoms with E-state index >= 15 is 0 Å². The first-order valence-electron chi connectivity index (χ1n) is 8.66. The fourth-order valence-electron chi connectivity index (χ4n) is 2.90. The molecule has 0 saturated carbocycles. The molecule has 1 N–H and O–H groups in total. The highest BCUT2D eigenvalue weighted by atomic mass is 32.2. The zero-order valence-corrected chi connectivity index (χ0v) is 17.5. The molecule has 1 heterocycles. The van der Waals surface area contributed by atoms with Crippen molar-refractivity contribution in [2.75, 3.05) is 20.8 Å². The summed E-state index contributed by atoms with van der Waals surface area (Å²) in [5.41, 5.74) is 1.76. The maximum absolute atomic E-state index is 12.5. The van der Waals surface area contributed by atoms with Gasteiger partial charge < -0.3 is 14.0 Å². The van der Waals surface area contributed by atoms with Crippen LogP contribution in [0.25, 0.3) is 10.2 Å². The monoisotopic (exact) mass is 422 g/mol. The van der Waals surface area contributed by atoms with E-state index in [2.05, 4.69) is 4.72 Å². The van der Waals surface area contributed by atoms with Gasteiger partial charge >= 0.3 is 4.87 Å². The SMILES string of the molecule is COc1ccc(CCCNS(=O)(=O)c2ccc3c(c2)sc(=O)n3C)cc1OC. The maximum atomic E-state index is 12.5. The molecule has 1 aromatic heterocycles. The van der Waals surface area contributed by atoms with Gasteiger partial charge in [-0.1, -0.05) is 17.4 Å². The van der Waals surface area contributed by atoms with E-state index in [4.69, 9.17) is 9.47 Å². The van der Waals surface area contributed by atoms with Gasteiger partial charge in [0.25, 0.3) is 0 Å². The Hall–Kier alpha value is -2.36. The van der Waals surface area contributed by atoms with Gasteiger partial charge in [-0.25, -0.2) is 13.1 Å². The Bertz CT molecular complexity index is 1150. The molecule has 3 rings (SSSR count). The molecule has 9 heteroatoms. The third-order valence-corrected chi connectivity index (χ3v) is 6.91. The molecule has 3 aromatic rings. The molecular weight excluding hydrogens is 400 g/mol. The molecule has 0 spiro atoms. The molecule has 0 radical (unpaired) electrons. The normalized spacial score (nSPS) is 11.7. The minimum absolute atomic E-state index is 0.118. The zero-order valence-electron chi connectivity index (χ0n) is 15.9. The van der Waals surface area contributed by atoms with Crippen LogP contribution in [0.1, 0.15) is 12.0 Å². The number of aromatic nitrogens is 1. The summed E-state index contributed by atoms with van der Waals surface area (Å²) in [6, 6.07) is 10.4. The number of aryl methyl sites for hydroxylation is 2. The minimum Gasteiger partial charge on any atom is -0.493 e. The third-order valence-electron chi connectivity index (χ3n) is 4.46. The van der Waals surface area contributed by atoms with Crippen LogP contribution in [0.15, 0.2) is 46.1 Å². The molecule has 7 nitrogen and oxygen atoms in total. The molecule has 0 aliphatic heterocycles. The summed E-state index contributed by atoms with van der Waals surface area (Å²) in [7, 11) is 1.20. The Morgan fingerprint density at radius 3 is 2.54 bits per heavy atom. The van der Waals surface area contributed by atoms with Crippen LogP contribution in [-0.4, -0.2) is 33.7 Å². The second-order valence-electron chi connectivity index (χ2n) is 6.25. The lowest BCUT2D eigenvalue weighted by atomic mass is 10.1. The summed E-state index contributed by atoms with van der Waals surface area (Å²) in [4.78, 5) is 11.8. The van der Waals surface area contributed by atoms with Gasteiger partial charge in [-0.15, -0.1) is 0 Å². The van der Waals surface area contributed by atoms with E-state index in [1.165, 1.54) is 16.7 Å². The predicted octanol–water partition coefficient (Wildman–Crippen LogP) is 2.53. The lowest BCUT2D eigenvalue weighted by Crippen LogP contribution is -2.25. The number of nitrogens with one attached hydrogen (secondary N) is 1. The summed E-state index contributed by atoms with van der Waals surface area (Å²) >= 11 is 1.03. The highest BCUT2D eigenvalue weighted by Gasteiger charge is 2.15. The summed E-state index contributed by atoms with van der Waals surface area (Å²) in [5, 5.41) is 0. The van der Waals surface area contributed by atoms with Crippen LogP contribution in [0.4, 0.5) is 0 Å². The van der Waals surface area contributed by atoms with Crippen molar-refractivity contribution in [3.8, 4) is 11.5 Å². The van der Waals surface area contributed by atoms with Crippen molar-refractivity contribution in [2.24, 2.45) is 7.05 Å². The quantitative estimate of drug-likeness (QED) is 0.564. The smallest absolute Gasteiger partial charge is 0.307 e. The Morgan fingerprint density at radius 1 is 1.07 bits per heavy atom. The second-order valence-corrected chi connectivity index (χ2v) is 9.01. The average Bonchev–Trinajstić information content (AvgIpc) is 2.98. The molecule has 0 unspecified atom stereocenters. The van der Waals surface area contributed by atoms with Gasteiger partial charge in [0.05, 0.1) is 29.3 Å². The molecule has 0 amide bonds. The van der Waals surface area contributed by atoms with E-state index in [-0.39, 0.29) is 9.77 Å². The molecular formula is C19H22N2O5S2. The first-order chi connectivity index (χ1) is 13.4. The molecule has 150 valence electrons. The van der Waals surface area contributed by atoms with Crippen LogP contribution in [-0.2, 0) is 23.5 Å². The molecule has 0 saturated heterocycles. The van der Waals surface area contributed by atoms with Gasteiger partial charge in [0.15, 0.2) is 11.5 Å². The van der Waals surface area contributed by atoms with Crippen molar-refractivity contribution >= 4 is 31.6 Å². The van der Waals surface area contributed by atoms with E-state index in [1.54, 1.807) is 27.3 Å². The van der Waals surface area contributed by atoms with Gasteiger partial charge in [0, 0.05) is 13.6 Å². The van der Waals surface area contributed by atoms with Crippen molar-refractivity contribution in [3.05, 3.63) is 51.6 Å². The highest BCUT2D eigenvalue weighted by molar-refractivity contribution is 7.89. The van der Waals surface area contributed by atoms with Gasteiger partial charge in [-0.2, -0.15) is 0 Å². The summed E-state index contributed by atoms with van der Waals surface area (Å²) in [6.45, 7) is 0.305. The summed E-state index contributed by atoms with van der Waals surface area (Å²) in [6.07, 6.45) is 1.33. The van der Waals surface area contributed by atoms with E-state index in [0.717, 1.165) is 22.4 Å². The van der Waals surface area contributed by atoms with Crippen molar-refractivity contribution in [2.45, 2.75) is 17.7 Å². The number of sulfonamides is 1. The number of benzene rings is 2. The van der Waals surface area contributed by atoms with Crippen molar-refractivity contribution in [3.63, 3.8) is 0 Å². The Balaban J connectivity index is 1.63. The Morgan fingerprint density at radius 2 is 1.82 bits per heavy atom. The zero-order chi connectivity index (χ0) is 20.3. The predicted molar refractivity (Wildman–Crippen MR) is 110 cm³/mol. The van der Waals surface area contributed by atoms with E-state index in [9.17, 15) is 13.2 Å². The van der Waals surface area contributed by atoms with Crippen LogP contribution in [0.2, 0.25) is 0 Å². The molecule has 0 bridgehead atoms. The van der Waals surface area contributed by atoms with E-state index in [0.29, 0.717) is 35.6 Å². The Kier molecular flexibility index (Phi) is 6.07. The van der Waals surface area contributed by atoms with Gasteiger partial charge in [0.1, 0.15) is 0 Å². The highest BCUT2D eigenvalue weighted by Crippen LogP contribution is 2.28. The average molecular weight is 423 g/mol. The topological polar surface area (TPSA) is 86.6 Å². The lowest BCUT2D eigenvalue weighted by molar-refractivity contribution is 0.354. The number of rotatable bonds is 8. The largest absolute Gasteiger partial charge is 0.493 e. The third kappa shape index (κ3) is 4.21. The molecule has 0 aliphatic rings. The fraction of sp³-hybridized carbons (Fsp3) is 0.316. The number of thiazole rings is 1. The summed E-state index contributed by atoms with van der Waals surface area (Å²) < 4.78 is 40.3. The number of hydrogen-bond acceptors (Lipinski definition) is 6. The first kappa shape index (κ1) is 20.4. The standard InChI is InChI=1S/C19H22N2O5S2/c1-21-15-8-7-14(12-18(15)27-19(21)22)28(23,24)20-10-4-5-13-6-9-16(25-2)17(11-13)26-3/h6-9,11-12,20H,4-5,10H2,1-3H3. The van der Waals surface area contributed by atoms with Crippen LogP contribution in [0.5, 0.6) is 11.5 Å². The van der Waals surface area contributed by atoms with E-state index < -0.39 is 10.0 Å². The maximum Gasteiger partial charge on any atom is 0.307 e. The molecule has 2 aromatic carbocycles. The van der Waals surface area contributed by atoms with Crippen molar-refractivity contribution < 1.29 is 17.9 Å². The first-order valence-corrected chi connectivity index (χ1v) is 11.0. The van der Waals surface area contributed by atoms with E-state index in [1.807, 2.05) is 18.2 Å². The molecule has 0 fully saturated rings. The molecule has 0 aliphatic carbocycles. The number of fused-ring (bicyclic) bond motifs is 1. The van der Waals surface area contributed by atoms with Gasteiger partial charge in [-0.05, 0) is 48.7 Å². The van der Waals surface area contributed by atoms with Crippen LogP contribution in [0.3, 0.4) is 0 Å². The van der Waals surface area contributed by atoms with Gasteiger partial charge in [0.2, 0.25) is 10.0 Å². The second kappa shape index (κ2) is 8.34. The number of methoxy groups -OCH3 is 2. The number of nitrogens with zero attached hydrogens (tertiary/aromatic N) is 1. The lowest BCUT2D eigenvalue weighted by Gasteiger charge is -2.10. The van der Waals surface area contributed by atoms with Gasteiger partial charge in [-0.3, -0.25) is 4.79 Å². The Labute approximate surface area is 167 Å². The van der Waals surface area contributed by atoms with Crippen molar-refractivity contribution in [1.29, 1.82) is 0 Å². The van der Waals surface area contributed by atoms with Crippen molar-refractivity contribution in [1.82, 2.24) is 9.29 Å². The fourth-order valence-corrected chi connectivity index (χ4v) is 4.99. The van der Waals surface area contributed by atoms with Crippen LogP contribution < -0.4 is 19.1 Å². The summed E-state index contributed by atoms with van der Waals surface area (Å²) in [5.74, 6) is 1.31.